The third-order valence-corrected chi connectivity index (χ3v) is 2.95. The van der Waals surface area contributed by atoms with Crippen LogP contribution in [0.2, 0.25) is 0 Å². The summed E-state index contributed by atoms with van der Waals surface area (Å²) >= 11 is 3.23. The zero-order chi connectivity index (χ0) is 13.8. The Hall–Kier alpha value is -1.30. The number of carbonyl (C=O) groups excluding carboxylic acids is 1. The molecule has 0 aliphatic rings. The second kappa shape index (κ2) is 6.04. The highest BCUT2D eigenvalue weighted by atomic mass is 79.9. The maximum atomic E-state index is 12.4. The molecule has 6 heteroatoms. The Morgan fingerprint density at radius 3 is 2.50 bits per heavy atom. The number of rotatable bonds is 4. The number of alkyl halides is 3. The van der Waals surface area contributed by atoms with E-state index in [1.165, 1.54) is 0 Å². The molecule has 0 fully saturated rings. The van der Waals surface area contributed by atoms with Crippen LogP contribution in [0.25, 0.3) is 0 Å². The molecular formula is C12H11BrF3NO. The lowest BCUT2D eigenvalue weighted by molar-refractivity contribution is -0.159. The zero-order valence-electron chi connectivity index (χ0n) is 9.38. The van der Waals surface area contributed by atoms with Crippen LogP contribution < -0.4 is 0 Å². The summed E-state index contributed by atoms with van der Waals surface area (Å²) in [7, 11) is 0. The van der Waals surface area contributed by atoms with E-state index >= 15 is 0 Å². The fourth-order valence-electron chi connectivity index (χ4n) is 1.39. The number of benzene rings is 1. The fourth-order valence-corrected chi connectivity index (χ4v) is 1.80. The van der Waals surface area contributed by atoms with Gasteiger partial charge >= 0.3 is 6.18 Å². The van der Waals surface area contributed by atoms with Crippen molar-refractivity contribution in [1.82, 2.24) is 4.90 Å². The van der Waals surface area contributed by atoms with Gasteiger partial charge in [0.05, 0.1) is 0 Å². The van der Waals surface area contributed by atoms with E-state index in [0.717, 1.165) is 6.08 Å². The Morgan fingerprint density at radius 1 is 1.39 bits per heavy atom. The highest BCUT2D eigenvalue weighted by Crippen LogP contribution is 2.22. The molecule has 2 nitrogen and oxygen atoms in total. The molecule has 0 N–H and O–H groups in total. The average Bonchev–Trinajstić information content (AvgIpc) is 2.28. The predicted molar refractivity (Wildman–Crippen MR) is 65.8 cm³/mol. The Kier molecular flexibility index (Phi) is 4.95. The van der Waals surface area contributed by atoms with Gasteiger partial charge in [-0.1, -0.05) is 40.7 Å². The molecule has 1 aromatic rings. The molecule has 1 amide bonds. The van der Waals surface area contributed by atoms with Crippen LogP contribution in [0.1, 0.15) is 5.56 Å². The van der Waals surface area contributed by atoms with Crippen molar-refractivity contribution >= 4 is 21.8 Å². The molecular weight excluding hydrogens is 311 g/mol. The first-order valence-corrected chi connectivity index (χ1v) is 5.84. The topological polar surface area (TPSA) is 20.3 Å². The van der Waals surface area contributed by atoms with Gasteiger partial charge in [-0.25, -0.2) is 0 Å². The molecule has 0 aromatic heterocycles. The molecule has 0 atom stereocenters. The normalized spacial score (nSPS) is 11.1. The number of halogens is 4. The molecule has 0 aliphatic carbocycles. The summed E-state index contributed by atoms with van der Waals surface area (Å²) in [6, 6.07) is 6.81. The Morgan fingerprint density at radius 2 is 2.00 bits per heavy atom. The van der Waals surface area contributed by atoms with Gasteiger partial charge in [0.1, 0.15) is 6.54 Å². The van der Waals surface area contributed by atoms with Crippen molar-refractivity contribution in [1.29, 1.82) is 0 Å². The monoisotopic (exact) mass is 321 g/mol. The Labute approximate surface area is 111 Å². The summed E-state index contributed by atoms with van der Waals surface area (Å²) in [5, 5.41) is 0. The summed E-state index contributed by atoms with van der Waals surface area (Å²) < 4.78 is 37.8. The summed E-state index contributed by atoms with van der Waals surface area (Å²) in [5.74, 6) is -0.747. The van der Waals surface area contributed by atoms with Crippen molar-refractivity contribution in [2.75, 3.05) is 6.54 Å². The quantitative estimate of drug-likeness (QED) is 0.777. The van der Waals surface area contributed by atoms with E-state index in [9.17, 15) is 18.0 Å². The molecule has 98 valence electrons. The van der Waals surface area contributed by atoms with Crippen molar-refractivity contribution in [2.45, 2.75) is 12.7 Å². The van der Waals surface area contributed by atoms with Crippen LogP contribution >= 0.6 is 15.9 Å². The van der Waals surface area contributed by atoms with E-state index in [2.05, 4.69) is 22.5 Å². The second-order valence-electron chi connectivity index (χ2n) is 3.61. The molecule has 0 bridgehead atoms. The molecule has 0 aliphatic heterocycles. The SMILES string of the molecule is C=CC(=O)N(Cc1ccccc1Br)CC(F)(F)F. The van der Waals surface area contributed by atoms with E-state index in [-0.39, 0.29) is 6.54 Å². The van der Waals surface area contributed by atoms with Crippen LogP contribution in [0, 0.1) is 0 Å². The van der Waals surface area contributed by atoms with Crippen LogP contribution in [0.5, 0.6) is 0 Å². The highest BCUT2D eigenvalue weighted by molar-refractivity contribution is 9.10. The Bertz CT molecular complexity index is 445. The molecule has 0 saturated heterocycles. The molecule has 0 saturated carbocycles. The zero-order valence-corrected chi connectivity index (χ0v) is 11.0. The minimum Gasteiger partial charge on any atom is -0.326 e. The maximum absolute atomic E-state index is 12.4. The van der Waals surface area contributed by atoms with E-state index in [4.69, 9.17) is 0 Å². The Balaban J connectivity index is 2.89. The van der Waals surface area contributed by atoms with Gasteiger partial charge in [0.25, 0.3) is 0 Å². The number of carbonyl (C=O) groups is 1. The molecule has 0 radical (unpaired) electrons. The first-order chi connectivity index (χ1) is 8.33. The summed E-state index contributed by atoms with van der Waals surface area (Å²) in [6.07, 6.45) is -3.55. The van der Waals surface area contributed by atoms with E-state index in [1.54, 1.807) is 24.3 Å². The van der Waals surface area contributed by atoms with Crippen LogP contribution in [0.4, 0.5) is 13.2 Å². The number of hydrogen-bond donors (Lipinski definition) is 0. The van der Waals surface area contributed by atoms with E-state index < -0.39 is 18.6 Å². The predicted octanol–water partition coefficient (Wildman–Crippen LogP) is 3.53. The number of nitrogens with zero attached hydrogens (tertiary/aromatic N) is 1. The van der Waals surface area contributed by atoms with Crippen LogP contribution in [0.15, 0.2) is 41.4 Å². The minimum absolute atomic E-state index is 0.119. The molecule has 0 spiro atoms. The van der Waals surface area contributed by atoms with Crippen molar-refractivity contribution in [3.05, 3.63) is 47.0 Å². The molecule has 0 heterocycles. The van der Waals surface area contributed by atoms with Gasteiger partial charge in [0, 0.05) is 11.0 Å². The largest absolute Gasteiger partial charge is 0.406 e. The van der Waals surface area contributed by atoms with Gasteiger partial charge in [0.2, 0.25) is 5.91 Å². The van der Waals surface area contributed by atoms with Crippen molar-refractivity contribution in [3.8, 4) is 0 Å². The van der Waals surface area contributed by atoms with Gasteiger partial charge < -0.3 is 4.90 Å². The van der Waals surface area contributed by atoms with Crippen LogP contribution in [-0.4, -0.2) is 23.5 Å². The molecule has 1 rings (SSSR count). The molecule has 18 heavy (non-hydrogen) atoms. The lowest BCUT2D eigenvalue weighted by Gasteiger charge is -2.23. The lowest BCUT2D eigenvalue weighted by Crippen LogP contribution is -2.37. The van der Waals surface area contributed by atoms with Crippen molar-refractivity contribution in [3.63, 3.8) is 0 Å². The maximum Gasteiger partial charge on any atom is 0.406 e. The summed E-state index contributed by atoms with van der Waals surface area (Å²) in [5.41, 5.74) is 0.608. The van der Waals surface area contributed by atoms with Crippen LogP contribution in [0.3, 0.4) is 0 Å². The third kappa shape index (κ3) is 4.52. The minimum atomic E-state index is -4.43. The first kappa shape index (κ1) is 14.8. The van der Waals surface area contributed by atoms with Crippen LogP contribution in [-0.2, 0) is 11.3 Å². The smallest absolute Gasteiger partial charge is 0.326 e. The lowest BCUT2D eigenvalue weighted by atomic mass is 10.2. The number of amides is 1. The second-order valence-corrected chi connectivity index (χ2v) is 4.46. The highest BCUT2D eigenvalue weighted by Gasteiger charge is 2.32. The van der Waals surface area contributed by atoms with Gasteiger partial charge in [-0.15, -0.1) is 0 Å². The van der Waals surface area contributed by atoms with Gasteiger partial charge in [-0.05, 0) is 17.7 Å². The average molecular weight is 322 g/mol. The molecule has 0 unspecified atom stereocenters. The third-order valence-electron chi connectivity index (χ3n) is 2.18. The number of hydrogen-bond acceptors (Lipinski definition) is 1. The van der Waals surface area contributed by atoms with Crippen molar-refractivity contribution < 1.29 is 18.0 Å². The fraction of sp³-hybridized carbons (Fsp3) is 0.250. The van der Waals surface area contributed by atoms with Gasteiger partial charge in [-0.2, -0.15) is 13.2 Å². The molecule has 1 aromatic carbocycles. The van der Waals surface area contributed by atoms with Gasteiger partial charge in [0.15, 0.2) is 0 Å². The van der Waals surface area contributed by atoms with Crippen molar-refractivity contribution in [2.24, 2.45) is 0 Å². The van der Waals surface area contributed by atoms with E-state index in [1.807, 2.05) is 0 Å². The van der Waals surface area contributed by atoms with E-state index in [0.29, 0.717) is 14.9 Å². The summed E-state index contributed by atoms with van der Waals surface area (Å²) in [4.78, 5) is 12.1. The summed E-state index contributed by atoms with van der Waals surface area (Å²) in [6.45, 7) is 1.79. The standard InChI is InChI=1S/C12H11BrF3NO/c1-2-11(18)17(8-12(14,15)16)7-9-5-3-4-6-10(9)13/h2-6H,1,7-8H2. The first-order valence-electron chi connectivity index (χ1n) is 5.05. The van der Waals surface area contributed by atoms with Gasteiger partial charge in [-0.3, -0.25) is 4.79 Å².